The van der Waals surface area contributed by atoms with E-state index in [-0.39, 0.29) is 0 Å². The van der Waals surface area contributed by atoms with Gasteiger partial charge in [-0.15, -0.1) is 0 Å². The standard InChI is InChI=1S/C34H22ClNO2/c35-23-20-18-22(19-21-23)33-31-25-12-4-6-14-27(25)34(37,32(31)26-13-5-8-16-29(26)36-33)28-15-7-9-17-30(28)38-24-10-2-1-3-11-24/h1-21,37H. The minimum atomic E-state index is -1.47. The summed E-state index contributed by atoms with van der Waals surface area (Å²) in [6.07, 6.45) is 0. The average molecular weight is 512 g/mol. The Morgan fingerprint density at radius 3 is 2.13 bits per heavy atom. The van der Waals surface area contributed by atoms with Crippen LogP contribution in [0.3, 0.4) is 0 Å². The monoisotopic (exact) mass is 511 g/mol. The zero-order chi connectivity index (χ0) is 25.7. The highest BCUT2D eigenvalue weighted by molar-refractivity contribution is 6.30. The van der Waals surface area contributed by atoms with E-state index in [0.717, 1.165) is 44.4 Å². The van der Waals surface area contributed by atoms with Gasteiger partial charge in [-0.05, 0) is 42.0 Å². The Morgan fingerprint density at radius 1 is 0.658 bits per heavy atom. The molecule has 1 unspecified atom stereocenters. The van der Waals surface area contributed by atoms with Gasteiger partial charge in [0.15, 0.2) is 0 Å². The first kappa shape index (κ1) is 22.7. The molecular formula is C34H22ClNO2. The number of pyridine rings is 1. The van der Waals surface area contributed by atoms with Gasteiger partial charge < -0.3 is 9.84 Å². The third-order valence-electron chi connectivity index (χ3n) is 7.21. The number of para-hydroxylation sites is 3. The number of halogens is 1. The Kier molecular flexibility index (Phi) is 5.29. The predicted molar refractivity (Wildman–Crippen MR) is 153 cm³/mol. The van der Waals surface area contributed by atoms with Crippen LogP contribution in [0.2, 0.25) is 5.02 Å². The Hall–Kier alpha value is -4.44. The van der Waals surface area contributed by atoms with Gasteiger partial charge in [-0.25, -0.2) is 4.98 Å². The molecule has 0 saturated heterocycles. The molecule has 3 nitrogen and oxygen atoms in total. The van der Waals surface area contributed by atoms with Crippen LogP contribution < -0.4 is 4.74 Å². The Balaban J connectivity index is 1.58. The van der Waals surface area contributed by atoms with Gasteiger partial charge in [-0.2, -0.15) is 0 Å². The lowest BCUT2D eigenvalue weighted by molar-refractivity contribution is 0.129. The van der Waals surface area contributed by atoms with E-state index < -0.39 is 5.60 Å². The summed E-state index contributed by atoms with van der Waals surface area (Å²) in [6, 6.07) is 41.1. The molecule has 0 radical (unpaired) electrons. The fourth-order valence-corrected chi connectivity index (χ4v) is 5.69. The number of aromatic nitrogens is 1. The van der Waals surface area contributed by atoms with Crippen molar-refractivity contribution >= 4 is 22.5 Å². The van der Waals surface area contributed by atoms with Crippen LogP contribution in [0.1, 0.15) is 16.7 Å². The molecule has 1 aliphatic carbocycles. The van der Waals surface area contributed by atoms with Crippen LogP contribution in [0, 0.1) is 0 Å². The van der Waals surface area contributed by atoms with Crippen LogP contribution in [-0.2, 0) is 5.60 Å². The van der Waals surface area contributed by atoms with E-state index in [2.05, 4.69) is 6.07 Å². The van der Waals surface area contributed by atoms with E-state index in [9.17, 15) is 5.11 Å². The normalized spacial score (nSPS) is 15.7. The fourth-order valence-electron chi connectivity index (χ4n) is 5.57. The quantitative estimate of drug-likeness (QED) is 0.257. The summed E-state index contributed by atoms with van der Waals surface area (Å²) in [5, 5.41) is 14.6. The van der Waals surface area contributed by atoms with E-state index >= 15 is 0 Å². The van der Waals surface area contributed by atoms with Gasteiger partial charge in [0.1, 0.15) is 17.1 Å². The van der Waals surface area contributed by atoms with Crippen LogP contribution in [0.5, 0.6) is 11.5 Å². The van der Waals surface area contributed by atoms with Gasteiger partial charge in [-0.3, -0.25) is 0 Å². The molecule has 0 bridgehead atoms. The lowest BCUT2D eigenvalue weighted by Gasteiger charge is -2.29. The fraction of sp³-hybridized carbons (Fsp3) is 0.0294. The number of fused-ring (bicyclic) bond motifs is 5. The highest BCUT2D eigenvalue weighted by Crippen LogP contribution is 2.57. The van der Waals surface area contributed by atoms with E-state index in [1.807, 2.05) is 121 Å². The minimum absolute atomic E-state index is 0.595. The first-order chi connectivity index (χ1) is 18.6. The molecule has 5 aromatic carbocycles. The largest absolute Gasteiger partial charge is 0.457 e. The summed E-state index contributed by atoms with van der Waals surface area (Å²) >= 11 is 6.23. The van der Waals surface area contributed by atoms with Gasteiger partial charge in [0.05, 0.1) is 11.2 Å². The summed E-state index contributed by atoms with van der Waals surface area (Å²) in [5.74, 6) is 1.30. The molecule has 0 amide bonds. The van der Waals surface area contributed by atoms with E-state index in [4.69, 9.17) is 21.3 Å². The van der Waals surface area contributed by atoms with Crippen molar-refractivity contribution in [3.05, 3.63) is 149 Å². The second kappa shape index (κ2) is 8.84. The Morgan fingerprint density at radius 2 is 1.32 bits per heavy atom. The number of aliphatic hydroxyl groups is 1. The van der Waals surface area contributed by atoms with Crippen LogP contribution in [0.4, 0.5) is 0 Å². The van der Waals surface area contributed by atoms with Crippen LogP contribution in [-0.4, -0.2) is 10.1 Å². The number of hydrogen-bond donors (Lipinski definition) is 1. The number of benzene rings is 5. The number of ether oxygens (including phenoxy) is 1. The molecule has 0 aliphatic heterocycles. The van der Waals surface area contributed by atoms with Gasteiger partial charge in [0.2, 0.25) is 0 Å². The summed E-state index contributed by atoms with van der Waals surface area (Å²) in [4.78, 5) is 5.11. The Labute approximate surface area is 225 Å². The number of hydrogen-bond acceptors (Lipinski definition) is 3. The molecule has 1 heterocycles. The van der Waals surface area contributed by atoms with Crippen LogP contribution in [0.25, 0.3) is 33.3 Å². The smallest absolute Gasteiger partial charge is 0.146 e. The van der Waals surface area contributed by atoms with Crippen molar-refractivity contribution in [1.29, 1.82) is 0 Å². The third-order valence-corrected chi connectivity index (χ3v) is 7.46. The molecule has 0 fully saturated rings. The molecule has 1 aromatic heterocycles. The molecule has 38 heavy (non-hydrogen) atoms. The van der Waals surface area contributed by atoms with Gasteiger partial charge in [-0.1, -0.05) is 103 Å². The van der Waals surface area contributed by atoms with Crippen molar-refractivity contribution in [2.45, 2.75) is 5.60 Å². The maximum atomic E-state index is 13.0. The Bertz CT molecular complexity index is 1820. The van der Waals surface area contributed by atoms with Crippen molar-refractivity contribution in [2.24, 2.45) is 0 Å². The molecule has 1 atom stereocenters. The first-order valence-electron chi connectivity index (χ1n) is 12.5. The number of nitrogens with zero attached hydrogens (tertiary/aromatic N) is 1. The van der Waals surface area contributed by atoms with Crippen molar-refractivity contribution in [1.82, 2.24) is 4.98 Å². The van der Waals surface area contributed by atoms with Crippen molar-refractivity contribution in [3.63, 3.8) is 0 Å². The molecule has 0 spiro atoms. The predicted octanol–water partition coefficient (Wildman–Crippen LogP) is 8.61. The van der Waals surface area contributed by atoms with Gasteiger partial charge >= 0.3 is 0 Å². The SMILES string of the molecule is OC1(c2ccccc2Oc2ccccc2)c2ccccc2-c2c(-c3ccc(Cl)cc3)nc3ccccc3c21. The summed E-state index contributed by atoms with van der Waals surface area (Å²) in [7, 11) is 0. The molecule has 1 N–H and O–H groups in total. The van der Waals surface area contributed by atoms with Crippen molar-refractivity contribution < 1.29 is 9.84 Å². The summed E-state index contributed by atoms with van der Waals surface area (Å²) in [6.45, 7) is 0. The topological polar surface area (TPSA) is 42.4 Å². The molecule has 7 rings (SSSR count). The summed E-state index contributed by atoms with van der Waals surface area (Å²) in [5.41, 5.74) is 5.22. The van der Waals surface area contributed by atoms with Crippen LogP contribution in [0.15, 0.2) is 127 Å². The maximum absolute atomic E-state index is 13.0. The zero-order valence-corrected chi connectivity index (χ0v) is 21.1. The first-order valence-corrected chi connectivity index (χ1v) is 12.9. The van der Waals surface area contributed by atoms with Gasteiger partial charge in [0.25, 0.3) is 0 Å². The summed E-state index contributed by atoms with van der Waals surface area (Å²) < 4.78 is 6.37. The van der Waals surface area contributed by atoms with Gasteiger partial charge in [0, 0.05) is 38.2 Å². The lowest BCUT2D eigenvalue weighted by atomic mass is 9.82. The molecule has 182 valence electrons. The molecular weight excluding hydrogens is 490 g/mol. The lowest BCUT2D eigenvalue weighted by Crippen LogP contribution is -2.27. The zero-order valence-electron chi connectivity index (χ0n) is 20.3. The maximum Gasteiger partial charge on any atom is 0.146 e. The van der Waals surface area contributed by atoms with E-state index in [0.29, 0.717) is 22.1 Å². The number of rotatable bonds is 4. The van der Waals surface area contributed by atoms with Crippen molar-refractivity contribution in [2.75, 3.05) is 0 Å². The molecule has 4 heteroatoms. The molecule has 1 aliphatic rings. The molecule has 6 aromatic rings. The highest BCUT2D eigenvalue weighted by atomic mass is 35.5. The molecule has 0 saturated carbocycles. The second-order valence-electron chi connectivity index (χ2n) is 9.40. The second-order valence-corrected chi connectivity index (χ2v) is 9.84. The van der Waals surface area contributed by atoms with E-state index in [1.54, 1.807) is 0 Å². The third kappa shape index (κ3) is 3.44. The average Bonchev–Trinajstić information content (AvgIpc) is 3.24. The van der Waals surface area contributed by atoms with Crippen molar-refractivity contribution in [3.8, 4) is 33.9 Å². The minimum Gasteiger partial charge on any atom is -0.457 e. The highest BCUT2D eigenvalue weighted by Gasteiger charge is 2.47. The van der Waals surface area contributed by atoms with Crippen LogP contribution >= 0.6 is 11.6 Å². The van der Waals surface area contributed by atoms with E-state index in [1.165, 1.54) is 0 Å².